The van der Waals surface area contributed by atoms with E-state index in [0.29, 0.717) is 6.54 Å². The van der Waals surface area contributed by atoms with Crippen LogP contribution < -0.4 is 10.1 Å². The van der Waals surface area contributed by atoms with E-state index >= 15 is 0 Å². The number of urea groups is 1. The second-order valence-electron chi connectivity index (χ2n) is 8.94. The van der Waals surface area contributed by atoms with E-state index in [9.17, 15) is 18.0 Å². The van der Waals surface area contributed by atoms with Gasteiger partial charge in [0.1, 0.15) is 5.75 Å². The van der Waals surface area contributed by atoms with Crippen molar-refractivity contribution < 1.29 is 22.7 Å². The van der Waals surface area contributed by atoms with Crippen LogP contribution in [0.5, 0.6) is 5.75 Å². The third kappa shape index (κ3) is 5.27. The van der Waals surface area contributed by atoms with Gasteiger partial charge in [-0.05, 0) is 42.2 Å². The Balaban J connectivity index is 1.30. The number of rotatable bonds is 5. The highest BCUT2D eigenvalue weighted by Gasteiger charge is 2.39. The summed E-state index contributed by atoms with van der Waals surface area (Å²) in [6.45, 7) is 2.00. The Kier molecular flexibility index (Phi) is 6.38. The van der Waals surface area contributed by atoms with Crippen molar-refractivity contribution in [3.8, 4) is 5.75 Å². The van der Waals surface area contributed by atoms with E-state index in [2.05, 4.69) is 33.2 Å². The number of anilines is 1. The molecule has 1 fully saturated rings. The maximum absolute atomic E-state index is 13.3. The minimum Gasteiger partial charge on any atom is -0.406 e. The molecule has 5 nitrogen and oxygen atoms in total. The van der Waals surface area contributed by atoms with E-state index in [1.807, 2.05) is 41.3 Å². The molecule has 1 saturated heterocycles. The number of nitrogens with one attached hydrogen (secondary N) is 1. The summed E-state index contributed by atoms with van der Waals surface area (Å²) in [5.74, 6) is -0.209. The number of carbonyl (C=O) groups is 1. The SMILES string of the molecule is O=C1Nc2ccccc2[C@@H](c2ccccc2)N1C1CCN(Cc2cccc(OC(F)(F)F)c2)CC1. The number of carbonyl (C=O) groups excluding carboxylic acids is 1. The number of amides is 2. The fourth-order valence-electron chi connectivity index (χ4n) is 5.10. The highest BCUT2D eigenvalue weighted by molar-refractivity contribution is 5.93. The number of hydrogen-bond donors (Lipinski definition) is 1. The molecule has 0 unspecified atom stereocenters. The molecule has 5 rings (SSSR count). The van der Waals surface area contributed by atoms with Crippen LogP contribution in [0.25, 0.3) is 0 Å². The van der Waals surface area contributed by atoms with Crippen LogP contribution in [0.2, 0.25) is 0 Å². The van der Waals surface area contributed by atoms with Crippen LogP contribution in [0.4, 0.5) is 23.7 Å². The number of ether oxygens (including phenoxy) is 1. The molecule has 3 aromatic rings. The van der Waals surface area contributed by atoms with Crippen LogP contribution in [-0.4, -0.2) is 41.3 Å². The highest BCUT2D eigenvalue weighted by atomic mass is 19.4. The van der Waals surface area contributed by atoms with Gasteiger partial charge in [-0.15, -0.1) is 13.2 Å². The van der Waals surface area contributed by atoms with E-state index in [4.69, 9.17) is 0 Å². The number of likely N-dealkylation sites (tertiary alicyclic amines) is 1. The fraction of sp³-hybridized carbons (Fsp3) is 0.296. The number of para-hydroxylation sites is 1. The second kappa shape index (κ2) is 9.62. The Labute approximate surface area is 202 Å². The largest absolute Gasteiger partial charge is 0.573 e. The first-order valence-electron chi connectivity index (χ1n) is 11.7. The third-order valence-corrected chi connectivity index (χ3v) is 6.61. The lowest BCUT2D eigenvalue weighted by Gasteiger charge is -2.45. The van der Waals surface area contributed by atoms with Crippen molar-refractivity contribution in [1.29, 1.82) is 0 Å². The molecule has 3 aromatic carbocycles. The van der Waals surface area contributed by atoms with Gasteiger partial charge in [0.15, 0.2) is 0 Å². The zero-order valence-corrected chi connectivity index (χ0v) is 19.0. The molecule has 2 heterocycles. The van der Waals surface area contributed by atoms with Crippen molar-refractivity contribution in [2.75, 3.05) is 18.4 Å². The molecule has 0 bridgehead atoms. The Morgan fingerprint density at radius 2 is 1.63 bits per heavy atom. The number of benzene rings is 3. The summed E-state index contributed by atoms with van der Waals surface area (Å²) in [5.41, 5.74) is 3.74. The van der Waals surface area contributed by atoms with Gasteiger partial charge in [0, 0.05) is 36.9 Å². The van der Waals surface area contributed by atoms with E-state index < -0.39 is 6.36 Å². The summed E-state index contributed by atoms with van der Waals surface area (Å²) >= 11 is 0. The predicted molar refractivity (Wildman–Crippen MR) is 127 cm³/mol. The average molecular weight is 482 g/mol. The lowest BCUT2D eigenvalue weighted by molar-refractivity contribution is -0.274. The number of nitrogens with zero attached hydrogens (tertiary/aromatic N) is 2. The van der Waals surface area contributed by atoms with Gasteiger partial charge < -0.3 is 15.0 Å². The van der Waals surface area contributed by atoms with Crippen LogP contribution in [-0.2, 0) is 6.54 Å². The van der Waals surface area contributed by atoms with E-state index in [1.165, 1.54) is 12.1 Å². The van der Waals surface area contributed by atoms with Crippen LogP contribution in [0, 0.1) is 0 Å². The molecule has 1 atom stereocenters. The van der Waals surface area contributed by atoms with Gasteiger partial charge >= 0.3 is 12.4 Å². The van der Waals surface area contributed by atoms with Crippen molar-refractivity contribution in [3.63, 3.8) is 0 Å². The number of hydrogen-bond acceptors (Lipinski definition) is 3. The Morgan fingerprint density at radius 1 is 0.914 bits per heavy atom. The van der Waals surface area contributed by atoms with Crippen LogP contribution >= 0.6 is 0 Å². The van der Waals surface area contributed by atoms with Gasteiger partial charge in [-0.2, -0.15) is 0 Å². The number of alkyl halides is 3. The molecule has 182 valence electrons. The van der Waals surface area contributed by atoms with Gasteiger partial charge in [0.25, 0.3) is 0 Å². The van der Waals surface area contributed by atoms with Crippen molar-refractivity contribution in [2.45, 2.75) is 37.8 Å². The summed E-state index contributed by atoms with van der Waals surface area (Å²) in [5, 5.41) is 3.05. The minimum atomic E-state index is -4.71. The first-order chi connectivity index (χ1) is 16.9. The van der Waals surface area contributed by atoms with Crippen molar-refractivity contribution in [1.82, 2.24) is 9.80 Å². The maximum atomic E-state index is 13.3. The Morgan fingerprint density at radius 3 is 2.37 bits per heavy atom. The molecular weight excluding hydrogens is 455 g/mol. The molecule has 1 N–H and O–H groups in total. The molecule has 2 aliphatic rings. The standard InChI is InChI=1S/C27H26F3N3O2/c28-27(29,30)35-22-10-6-7-19(17-22)18-32-15-13-21(14-16-32)33-25(20-8-2-1-3-9-20)23-11-4-5-12-24(23)31-26(33)34/h1-12,17,21,25H,13-16,18H2,(H,31,34)/t25-/m1/s1. The monoisotopic (exact) mass is 481 g/mol. The summed E-state index contributed by atoms with van der Waals surface area (Å²) < 4.78 is 41.7. The summed E-state index contributed by atoms with van der Waals surface area (Å²) in [7, 11) is 0. The summed E-state index contributed by atoms with van der Waals surface area (Å²) in [4.78, 5) is 17.4. The molecular formula is C27H26F3N3O2. The molecule has 0 aromatic heterocycles. The zero-order chi connectivity index (χ0) is 24.4. The number of piperidine rings is 1. The molecule has 2 aliphatic heterocycles. The minimum absolute atomic E-state index is 0.0460. The van der Waals surface area contributed by atoms with E-state index in [-0.39, 0.29) is 23.9 Å². The van der Waals surface area contributed by atoms with E-state index in [0.717, 1.165) is 48.3 Å². The van der Waals surface area contributed by atoms with Gasteiger partial charge in [-0.1, -0.05) is 60.7 Å². The van der Waals surface area contributed by atoms with Crippen LogP contribution in [0.15, 0.2) is 78.9 Å². The molecule has 0 radical (unpaired) electrons. The number of fused-ring (bicyclic) bond motifs is 1. The van der Waals surface area contributed by atoms with Gasteiger partial charge in [0.2, 0.25) is 0 Å². The molecule has 2 amide bonds. The highest BCUT2D eigenvalue weighted by Crippen LogP contribution is 2.40. The summed E-state index contributed by atoms with van der Waals surface area (Å²) in [6, 6.07) is 23.8. The quantitative estimate of drug-likeness (QED) is 0.473. The van der Waals surface area contributed by atoms with Gasteiger partial charge in [0.05, 0.1) is 6.04 Å². The van der Waals surface area contributed by atoms with Gasteiger partial charge in [-0.25, -0.2) is 4.79 Å². The Bertz CT molecular complexity index is 1180. The predicted octanol–water partition coefficient (Wildman–Crippen LogP) is 6.19. The van der Waals surface area contributed by atoms with Crippen molar-refractivity contribution in [2.24, 2.45) is 0 Å². The molecule has 0 spiro atoms. The third-order valence-electron chi connectivity index (χ3n) is 6.61. The lowest BCUT2D eigenvalue weighted by Crippen LogP contribution is -2.52. The van der Waals surface area contributed by atoms with Crippen LogP contribution in [0.1, 0.15) is 35.6 Å². The smallest absolute Gasteiger partial charge is 0.406 e. The first kappa shape index (κ1) is 23.2. The molecule has 0 aliphatic carbocycles. The average Bonchev–Trinajstić information content (AvgIpc) is 2.83. The summed E-state index contributed by atoms with van der Waals surface area (Å²) in [6.07, 6.45) is -3.16. The number of halogens is 3. The normalized spacial score (nSPS) is 19.2. The first-order valence-corrected chi connectivity index (χ1v) is 11.7. The second-order valence-corrected chi connectivity index (χ2v) is 8.94. The van der Waals surface area contributed by atoms with Crippen LogP contribution in [0.3, 0.4) is 0 Å². The molecule has 35 heavy (non-hydrogen) atoms. The zero-order valence-electron chi connectivity index (χ0n) is 19.0. The Hall–Kier alpha value is -3.52. The van der Waals surface area contributed by atoms with Crippen molar-refractivity contribution in [3.05, 3.63) is 95.6 Å². The van der Waals surface area contributed by atoms with Crippen molar-refractivity contribution >= 4 is 11.7 Å². The molecule has 0 saturated carbocycles. The lowest BCUT2D eigenvalue weighted by atomic mass is 9.90. The maximum Gasteiger partial charge on any atom is 0.573 e. The van der Waals surface area contributed by atoms with Gasteiger partial charge in [-0.3, -0.25) is 4.90 Å². The van der Waals surface area contributed by atoms with E-state index in [1.54, 1.807) is 12.1 Å². The fourth-order valence-corrected chi connectivity index (χ4v) is 5.10. The molecule has 8 heteroatoms. The topological polar surface area (TPSA) is 44.8 Å².